The van der Waals surface area contributed by atoms with E-state index in [1.807, 2.05) is 10.5 Å². The quantitative estimate of drug-likeness (QED) is 0.214. The first-order valence-electron chi connectivity index (χ1n) is 14.8. The Balaban J connectivity index is 1.39. The molecule has 5 aromatic carbocycles. The van der Waals surface area contributed by atoms with Crippen molar-refractivity contribution >= 4 is 55.1 Å². The number of rotatable bonds is 2. The van der Waals surface area contributed by atoms with Crippen LogP contribution in [0, 0.1) is 5.92 Å². The number of nitrogens with zero attached hydrogens (tertiary/aromatic N) is 2. The Labute approximate surface area is 242 Å². The predicted octanol–water partition coefficient (Wildman–Crippen LogP) is 9.40. The van der Waals surface area contributed by atoms with Gasteiger partial charge in [-0.3, -0.25) is 9.20 Å². The monoisotopic (exact) mass is 540 g/mol. The number of para-hydroxylation sites is 3. The predicted molar refractivity (Wildman–Crippen MR) is 176 cm³/mol. The molecule has 0 fully saturated rings. The number of benzene rings is 5. The third-order valence-corrected chi connectivity index (χ3v) is 9.31. The fourth-order valence-electron chi connectivity index (χ4n) is 7.28. The minimum atomic E-state index is 0.0931. The van der Waals surface area contributed by atoms with Gasteiger partial charge in [-0.05, 0) is 77.9 Å². The number of aromatic nitrogens is 2. The van der Waals surface area contributed by atoms with Crippen molar-refractivity contribution in [3.05, 3.63) is 137 Å². The molecule has 42 heavy (non-hydrogen) atoms. The van der Waals surface area contributed by atoms with E-state index in [0.29, 0.717) is 5.92 Å². The van der Waals surface area contributed by atoms with E-state index < -0.39 is 0 Å². The molecule has 0 amide bonds. The van der Waals surface area contributed by atoms with Crippen molar-refractivity contribution in [2.45, 2.75) is 19.8 Å². The molecule has 9 rings (SSSR count). The second-order valence-corrected chi connectivity index (χ2v) is 11.8. The van der Waals surface area contributed by atoms with Gasteiger partial charge in [0, 0.05) is 38.2 Å². The summed E-state index contributed by atoms with van der Waals surface area (Å²) in [5, 5.41) is 5.96. The van der Waals surface area contributed by atoms with Crippen LogP contribution in [0.5, 0.6) is 0 Å². The van der Waals surface area contributed by atoms with Crippen LogP contribution < -0.4 is 5.56 Å². The van der Waals surface area contributed by atoms with E-state index in [0.717, 1.165) is 45.9 Å². The Morgan fingerprint density at radius 1 is 0.643 bits per heavy atom. The van der Waals surface area contributed by atoms with Crippen molar-refractivity contribution in [3.63, 3.8) is 0 Å². The minimum absolute atomic E-state index is 0.0931. The first-order chi connectivity index (χ1) is 20.7. The molecule has 8 aromatic rings. The van der Waals surface area contributed by atoms with Crippen LogP contribution in [0.15, 0.2) is 120 Å². The molecule has 0 saturated heterocycles. The summed E-state index contributed by atoms with van der Waals surface area (Å²) in [5.74, 6) is 0.445. The number of allylic oxidation sites excluding steroid dienone is 1. The third-order valence-electron chi connectivity index (χ3n) is 9.31. The first-order valence-corrected chi connectivity index (χ1v) is 14.8. The molecule has 0 bridgehead atoms. The van der Waals surface area contributed by atoms with Gasteiger partial charge in [-0.2, -0.15) is 0 Å². The summed E-state index contributed by atoms with van der Waals surface area (Å²) >= 11 is 0. The smallest absolute Gasteiger partial charge is 0.263 e. The zero-order chi connectivity index (χ0) is 27.9. The van der Waals surface area contributed by atoms with Crippen molar-refractivity contribution in [2.24, 2.45) is 5.92 Å². The number of hydrogen-bond acceptors (Lipinski definition) is 1. The molecule has 3 heterocycles. The highest BCUT2D eigenvalue weighted by Gasteiger charge is 2.23. The normalized spacial score (nSPS) is 15.3. The van der Waals surface area contributed by atoms with Crippen LogP contribution in [0.1, 0.15) is 24.5 Å². The Bertz CT molecular complexity index is 2440. The van der Waals surface area contributed by atoms with E-state index >= 15 is 0 Å². The molecular formula is C39H28N2O. The van der Waals surface area contributed by atoms with Crippen LogP contribution in [0.3, 0.4) is 0 Å². The molecular weight excluding hydrogens is 512 g/mol. The summed E-state index contributed by atoms with van der Waals surface area (Å²) in [4.78, 5) is 14.0. The maximum atomic E-state index is 14.0. The van der Waals surface area contributed by atoms with Crippen molar-refractivity contribution in [3.8, 4) is 16.8 Å². The molecule has 0 N–H and O–H groups in total. The van der Waals surface area contributed by atoms with Crippen molar-refractivity contribution < 1.29 is 0 Å². The van der Waals surface area contributed by atoms with Gasteiger partial charge in [0.2, 0.25) is 0 Å². The molecule has 1 atom stereocenters. The highest BCUT2D eigenvalue weighted by Crippen LogP contribution is 2.40. The van der Waals surface area contributed by atoms with Crippen molar-refractivity contribution in [1.82, 2.24) is 8.97 Å². The summed E-state index contributed by atoms with van der Waals surface area (Å²) in [6.45, 7) is 2.24. The van der Waals surface area contributed by atoms with Gasteiger partial charge in [0.05, 0.1) is 22.1 Å². The average Bonchev–Trinajstić information content (AvgIpc) is 3.46. The lowest BCUT2D eigenvalue weighted by molar-refractivity contribution is 0.656. The SMILES string of the molecule is CC1C=Cc2c(c3cc(-c4ccc5c6ccccc6n(-c6ccccc6)c5c4)cc4c5ccccc5n(c2=O)c34)CC1. The molecule has 0 spiro atoms. The number of fused-ring (bicyclic) bond motifs is 8. The van der Waals surface area contributed by atoms with E-state index in [1.54, 1.807) is 0 Å². The highest BCUT2D eigenvalue weighted by molar-refractivity contribution is 6.17. The van der Waals surface area contributed by atoms with E-state index in [2.05, 4.69) is 127 Å². The molecule has 1 aliphatic carbocycles. The summed E-state index contributed by atoms with van der Waals surface area (Å²) in [7, 11) is 0. The summed E-state index contributed by atoms with van der Waals surface area (Å²) in [6, 6.07) is 39.1. The summed E-state index contributed by atoms with van der Waals surface area (Å²) in [5.41, 5.74) is 10.0. The zero-order valence-electron chi connectivity index (χ0n) is 23.3. The lowest BCUT2D eigenvalue weighted by Gasteiger charge is -2.13. The fourth-order valence-corrected chi connectivity index (χ4v) is 7.28. The molecule has 0 aliphatic heterocycles. The first kappa shape index (κ1) is 23.5. The van der Waals surface area contributed by atoms with Crippen LogP contribution in [-0.4, -0.2) is 8.97 Å². The van der Waals surface area contributed by atoms with Crippen LogP contribution in [-0.2, 0) is 6.42 Å². The Kier molecular flexibility index (Phi) is 4.86. The average molecular weight is 541 g/mol. The molecule has 200 valence electrons. The topological polar surface area (TPSA) is 26.4 Å². The Morgan fingerprint density at radius 3 is 2.17 bits per heavy atom. The molecule has 1 unspecified atom stereocenters. The van der Waals surface area contributed by atoms with Crippen LogP contribution in [0.2, 0.25) is 0 Å². The maximum absolute atomic E-state index is 14.0. The molecule has 0 saturated carbocycles. The van der Waals surface area contributed by atoms with Crippen LogP contribution >= 0.6 is 0 Å². The number of hydrogen-bond donors (Lipinski definition) is 0. The molecule has 0 radical (unpaired) electrons. The summed E-state index contributed by atoms with van der Waals surface area (Å²) in [6.07, 6.45) is 6.22. The summed E-state index contributed by atoms with van der Waals surface area (Å²) < 4.78 is 4.33. The maximum Gasteiger partial charge on any atom is 0.263 e. The fraction of sp³-hybridized carbons (Fsp3) is 0.103. The second-order valence-electron chi connectivity index (χ2n) is 11.8. The number of pyridine rings is 1. The Hall–Kier alpha value is -5.15. The highest BCUT2D eigenvalue weighted by atomic mass is 16.1. The van der Waals surface area contributed by atoms with Crippen molar-refractivity contribution in [2.75, 3.05) is 0 Å². The van der Waals surface area contributed by atoms with E-state index in [4.69, 9.17) is 0 Å². The zero-order valence-corrected chi connectivity index (χ0v) is 23.3. The van der Waals surface area contributed by atoms with E-state index in [-0.39, 0.29) is 5.56 Å². The largest absolute Gasteiger partial charge is 0.309 e. The van der Waals surface area contributed by atoms with Gasteiger partial charge in [0.1, 0.15) is 0 Å². The second kappa shape index (κ2) is 8.67. The van der Waals surface area contributed by atoms with Crippen molar-refractivity contribution in [1.29, 1.82) is 0 Å². The van der Waals surface area contributed by atoms with E-state index in [1.165, 1.54) is 43.9 Å². The van der Waals surface area contributed by atoms with Crippen LogP contribution in [0.25, 0.3) is 71.9 Å². The van der Waals surface area contributed by atoms with Gasteiger partial charge in [0.25, 0.3) is 5.56 Å². The molecule has 3 nitrogen and oxygen atoms in total. The number of aryl methyl sites for hydroxylation is 1. The lowest BCUT2D eigenvalue weighted by atomic mass is 9.93. The lowest BCUT2D eigenvalue weighted by Crippen LogP contribution is -2.18. The standard InChI is InChI=1S/C39H28N2O/c1-24-15-18-28-32(19-16-24)39(42)41-36-14-8-6-12-30(36)34-22-26(21-33(28)38(34)41)25-17-20-31-29-11-5-7-13-35(29)40(37(31)23-25)27-9-3-2-4-10-27/h2-14,16-17,19-24H,15,18H2,1H3. The van der Waals surface area contributed by atoms with Gasteiger partial charge >= 0.3 is 0 Å². The van der Waals surface area contributed by atoms with Gasteiger partial charge in [-0.1, -0.05) is 85.8 Å². The van der Waals surface area contributed by atoms with Gasteiger partial charge in [-0.25, -0.2) is 0 Å². The van der Waals surface area contributed by atoms with Gasteiger partial charge in [0.15, 0.2) is 0 Å². The molecule has 3 heteroatoms. The Morgan fingerprint density at radius 2 is 1.33 bits per heavy atom. The molecule has 1 aliphatic rings. The van der Waals surface area contributed by atoms with Gasteiger partial charge < -0.3 is 4.57 Å². The molecule has 3 aromatic heterocycles. The van der Waals surface area contributed by atoms with Crippen LogP contribution in [0.4, 0.5) is 0 Å². The minimum Gasteiger partial charge on any atom is -0.309 e. The van der Waals surface area contributed by atoms with E-state index in [9.17, 15) is 4.79 Å². The van der Waals surface area contributed by atoms with Gasteiger partial charge in [-0.15, -0.1) is 0 Å². The third kappa shape index (κ3) is 3.19.